The van der Waals surface area contributed by atoms with Gasteiger partial charge in [0.25, 0.3) is 0 Å². The van der Waals surface area contributed by atoms with Crippen LogP contribution in [0.15, 0.2) is 10.5 Å². The molecular formula is C15H20BrNO3. The summed E-state index contributed by atoms with van der Waals surface area (Å²) in [7, 11) is 3.18. The lowest BCUT2D eigenvalue weighted by Gasteiger charge is -2.24. The Balaban J connectivity index is 2.36. The molecule has 1 aliphatic rings. The Bertz CT molecular complexity index is 484. The predicted molar refractivity (Wildman–Crippen MR) is 81.9 cm³/mol. The van der Waals surface area contributed by atoms with Gasteiger partial charge in [0.15, 0.2) is 17.8 Å². The van der Waals surface area contributed by atoms with Gasteiger partial charge < -0.3 is 14.8 Å². The zero-order valence-corrected chi connectivity index (χ0v) is 13.5. The van der Waals surface area contributed by atoms with E-state index in [4.69, 9.17) is 9.47 Å². The fourth-order valence-electron chi connectivity index (χ4n) is 2.76. The summed E-state index contributed by atoms with van der Waals surface area (Å²) < 4.78 is 11.6. The minimum Gasteiger partial charge on any atom is -0.493 e. The van der Waals surface area contributed by atoms with E-state index >= 15 is 0 Å². The molecule has 0 aliphatic carbocycles. The normalized spacial score (nSPS) is 15.9. The summed E-state index contributed by atoms with van der Waals surface area (Å²) in [5.41, 5.74) is 1.59. The van der Waals surface area contributed by atoms with Crippen LogP contribution in [0.2, 0.25) is 0 Å². The quantitative estimate of drug-likeness (QED) is 0.836. The van der Waals surface area contributed by atoms with Gasteiger partial charge in [-0.15, -0.1) is 0 Å². The topological polar surface area (TPSA) is 47.6 Å². The highest BCUT2D eigenvalue weighted by Crippen LogP contribution is 2.40. The van der Waals surface area contributed by atoms with Crippen molar-refractivity contribution in [3.63, 3.8) is 0 Å². The van der Waals surface area contributed by atoms with E-state index in [1.807, 2.05) is 6.07 Å². The van der Waals surface area contributed by atoms with Gasteiger partial charge in [0.1, 0.15) is 0 Å². The van der Waals surface area contributed by atoms with Crippen molar-refractivity contribution in [2.45, 2.75) is 19.3 Å². The van der Waals surface area contributed by atoms with Gasteiger partial charge in [-0.3, -0.25) is 4.79 Å². The number of halogens is 1. The zero-order chi connectivity index (χ0) is 14.5. The average Bonchev–Trinajstić information content (AvgIpc) is 2.47. The van der Waals surface area contributed by atoms with Gasteiger partial charge in [-0.2, -0.15) is 0 Å². The summed E-state index contributed by atoms with van der Waals surface area (Å²) in [5, 5.41) is 3.37. The van der Waals surface area contributed by atoms with E-state index in [0.717, 1.165) is 35.8 Å². The molecule has 1 fully saturated rings. The van der Waals surface area contributed by atoms with Crippen molar-refractivity contribution >= 4 is 22.2 Å². The molecule has 0 unspecified atom stereocenters. The second-order valence-electron chi connectivity index (χ2n) is 5.01. The first-order valence-electron chi connectivity index (χ1n) is 6.80. The van der Waals surface area contributed by atoms with E-state index in [9.17, 15) is 4.79 Å². The van der Waals surface area contributed by atoms with Crippen molar-refractivity contribution in [1.29, 1.82) is 0 Å². The summed E-state index contributed by atoms with van der Waals surface area (Å²) in [6, 6.07) is 1.98. The van der Waals surface area contributed by atoms with Gasteiger partial charge >= 0.3 is 0 Å². The number of hydrogen-bond acceptors (Lipinski definition) is 4. The second-order valence-corrected chi connectivity index (χ2v) is 5.87. The van der Waals surface area contributed by atoms with Gasteiger partial charge in [0.2, 0.25) is 0 Å². The smallest absolute Gasteiger partial charge is 0.172 e. The summed E-state index contributed by atoms with van der Waals surface area (Å²) in [5.74, 6) is 1.83. The molecule has 0 aromatic heterocycles. The van der Waals surface area contributed by atoms with Crippen LogP contribution in [0.3, 0.4) is 0 Å². The van der Waals surface area contributed by atoms with Crippen LogP contribution in [0.4, 0.5) is 0 Å². The van der Waals surface area contributed by atoms with Crippen molar-refractivity contribution < 1.29 is 14.3 Å². The van der Waals surface area contributed by atoms with Crippen molar-refractivity contribution in [2.75, 3.05) is 27.3 Å². The third kappa shape index (κ3) is 3.15. The molecule has 0 amide bonds. The van der Waals surface area contributed by atoms with Crippen LogP contribution in [0, 0.1) is 5.92 Å². The molecule has 2 rings (SSSR count). The highest BCUT2D eigenvalue weighted by atomic mass is 79.9. The molecule has 0 atom stereocenters. The third-order valence-corrected chi connectivity index (χ3v) is 4.45. The van der Waals surface area contributed by atoms with Crippen molar-refractivity contribution in [3.8, 4) is 11.5 Å². The first-order chi connectivity index (χ1) is 9.71. The van der Waals surface area contributed by atoms with Crippen molar-refractivity contribution in [3.05, 3.63) is 21.7 Å². The van der Waals surface area contributed by atoms with Gasteiger partial charge in [-0.1, -0.05) is 0 Å². The standard InChI is InChI=1S/C15H20BrNO3/c1-19-14-11(7-10-3-5-17-6-4-10)8-13(16)12(9-18)15(14)20-2/h8-10,17H,3-7H2,1-2H3. The molecule has 0 saturated carbocycles. The van der Waals surface area contributed by atoms with Crippen molar-refractivity contribution in [2.24, 2.45) is 5.92 Å². The highest BCUT2D eigenvalue weighted by Gasteiger charge is 2.21. The number of carbonyl (C=O) groups excluding carboxylic acids is 1. The molecule has 1 heterocycles. The maximum Gasteiger partial charge on any atom is 0.172 e. The lowest BCUT2D eigenvalue weighted by molar-refractivity contribution is 0.111. The Morgan fingerprint density at radius 1 is 1.30 bits per heavy atom. The van der Waals surface area contributed by atoms with E-state index in [1.165, 1.54) is 12.8 Å². The number of carbonyl (C=O) groups is 1. The number of methoxy groups -OCH3 is 2. The molecule has 1 N–H and O–H groups in total. The van der Waals surface area contributed by atoms with E-state index < -0.39 is 0 Å². The molecule has 1 aromatic rings. The largest absolute Gasteiger partial charge is 0.493 e. The summed E-state index contributed by atoms with van der Waals surface area (Å²) in [6.07, 6.45) is 4.07. The minimum atomic E-state index is 0.499. The molecule has 5 heteroatoms. The maximum absolute atomic E-state index is 11.2. The van der Waals surface area contributed by atoms with Gasteiger partial charge in [0, 0.05) is 4.47 Å². The summed E-state index contributed by atoms with van der Waals surface area (Å²) in [6.45, 7) is 2.13. The van der Waals surface area contributed by atoms with Crippen LogP contribution < -0.4 is 14.8 Å². The Morgan fingerprint density at radius 2 is 1.95 bits per heavy atom. The van der Waals surface area contributed by atoms with Gasteiger partial charge in [-0.25, -0.2) is 0 Å². The maximum atomic E-state index is 11.2. The first kappa shape index (κ1) is 15.3. The third-order valence-electron chi connectivity index (χ3n) is 3.79. The lowest BCUT2D eigenvalue weighted by atomic mass is 9.90. The molecule has 1 aliphatic heterocycles. The van der Waals surface area contributed by atoms with Crippen LogP contribution in [0.5, 0.6) is 11.5 Å². The molecule has 1 aromatic carbocycles. The molecular weight excluding hydrogens is 322 g/mol. The van der Waals surface area contributed by atoms with Gasteiger partial charge in [-0.05, 0) is 65.8 Å². The van der Waals surface area contributed by atoms with E-state index in [1.54, 1.807) is 14.2 Å². The van der Waals surface area contributed by atoms with Gasteiger partial charge in [0.05, 0.1) is 19.8 Å². The first-order valence-corrected chi connectivity index (χ1v) is 7.59. The summed E-state index contributed by atoms with van der Waals surface area (Å²) >= 11 is 3.45. The number of benzene rings is 1. The second kappa shape index (κ2) is 7.09. The van der Waals surface area contributed by atoms with Crippen LogP contribution >= 0.6 is 15.9 Å². The van der Waals surface area contributed by atoms with Crippen LogP contribution in [0.1, 0.15) is 28.8 Å². The number of rotatable bonds is 5. The fraction of sp³-hybridized carbons (Fsp3) is 0.533. The fourth-order valence-corrected chi connectivity index (χ4v) is 3.31. The molecule has 1 saturated heterocycles. The number of ether oxygens (including phenoxy) is 2. The lowest BCUT2D eigenvalue weighted by Crippen LogP contribution is -2.28. The molecule has 0 spiro atoms. The minimum absolute atomic E-state index is 0.499. The average molecular weight is 342 g/mol. The Kier molecular flexibility index (Phi) is 5.43. The Hall–Kier alpha value is -1.07. The Labute approximate surface area is 128 Å². The number of nitrogens with one attached hydrogen (secondary N) is 1. The zero-order valence-electron chi connectivity index (χ0n) is 11.9. The highest BCUT2D eigenvalue weighted by molar-refractivity contribution is 9.10. The molecule has 110 valence electrons. The van der Waals surface area contributed by atoms with Crippen LogP contribution in [-0.4, -0.2) is 33.6 Å². The van der Waals surface area contributed by atoms with Crippen molar-refractivity contribution in [1.82, 2.24) is 5.32 Å². The predicted octanol–water partition coefficient (Wildman–Crippen LogP) is 2.82. The van der Waals surface area contributed by atoms with E-state index in [2.05, 4.69) is 21.2 Å². The number of hydrogen-bond donors (Lipinski definition) is 1. The van der Waals surface area contributed by atoms with Crippen LogP contribution in [0.25, 0.3) is 0 Å². The SMILES string of the molecule is COc1c(CC2CCNCC2)cc(Br)c(C=O)c1OC. The van der Waals surface area contributed by atoms with E-state index in [0.29, 0.717) is 23.0 Å². The number of aldehydes is 1. The van der Waals surface area contributed by atoms with E-state index in [-0.39, 0.29) is 0 Å². The Morgan fingerprint density at radius 3 is 2.50 bits per heavy atom. The molecule has 20 heavy (non-hydrogen) atoms. The molecule has 0 radical (unpaired) electrons. The molecule has 4 nitrogen and oxygen atoms in total. The monoisotopic (exact) mass is 341 g/mol. The van der Waals surface area contributed by atoms with Crippen LogP contribution in [-0.2, 0) is 6.42 Å². The summed E-state index contributed by atoms with van der Waals surface area (Å²) in [4.78, 5) is 11.2. The molecule has 0 bridgehead atoms. The number of piperidine rings is 1.